The van der Waals surface area contributed by atoms with Crippen LogP contribution < -0.4 is 10.1 Å². The molecule has 3 nitrogen and oxygen atoms in total. The molecule has 1 saturated carbocycles. The maximum Gasteiger partial charge on any atom is 0.127 e. The fourth-order valence-electron chi connectivity index (χ4n) is 3.38. The van der Waals surface area contributed by atoms with Gasteiger partial charge in [0, 0.05) is 30.1 Å². The lowest BCUT2D eigenvalue weighted by Crippen LogP contribution is -2.43. The first-order valence-electron chi connectivity index (χ1n) is 7.93. The maximum atomic E-state index is 10.6. The van der Waals surface area contributed by atoms with Crippen LogP contribution in [0.1, 0.15) is 43.7 Å². The number of benzene rings is 1. The van der Waals surface area contributed by atoms with E-state index in [0.717, 1.165) is 61.0 Å². The van der Waals surface area contributed by atoms with Crippen molar-refractivity contribution in [1.82, 2.24) is 5.32 Å². The molecule has 0 amide bonds. The maximum absolute atomic E-state index is 10.6. The molecule has 0 spiro atoms. The van der Waals surface area contributed by atoms with Crippen molar-refractivity contribution in [2.45, 2.75) is 51.2 Å². The van der Waals surface area contributed by atoms with E-state index in [9.17, 15) is 5.11 Å². The zero-order valence-corrected chi connectivity index (χ0v) is 13.4. The number of hydrogen-bond donors (Lipinski definition) is 2. The van der Waals surface area contributed by atoms with Crippen molar-refractivity contribution in [2.75, 3.05) is 13.2 Å². The molecule has 116 valence electrons. The van der Waals surface area contributed by atoms with E-state index in [1.165, 1.54) is 5.56 Å². The van der Waals surface area contributed by atoms with Gasteiger partial charge in [-0.05, 0) is 49.3 Å². The quantitative estimate of drug-likeness (QED) is 0.896. The van der Waals surface area contributed by atoms with Gasteiger partial charge in [-0.15, -0.1) is 0 Å². The monoisotopic (exact) mass is 309 g/mol. The van der Waals surface area contributed by atoms with E-state index < -0.39 is 5.60 Å². The van der Waals surface area contributed by atoms with E-state index in [1.54, 1.807) is 0 Å². The smallest absolute Gasteiger partial charge is 0.127 e. The van der Waals surface area contributed by atoms with Crippen LogP contribution in [0.5, 0.6) is 5.75 Å². The summed E-state index contributed by atoms with van der Waals surface area (Å²) in [6.07, 6.45) is 4.96. The number of ether oxygens (including phenoxy) is 1. The summed E-state index contributed by atoms with van der Waals surface area (Å²) >= 11 is 6.17. The first-order chi connectivity index (χ1) is 10.1. The predicted octanol–water partition coefficient (Wildman–Crippen LogP) is 3.31. The number of aliphatic hydroxyl groups is 1. The summed E-state index contributed by atoms with van der Waals surface area (Å²) in [5.41, 5.74) is 1.75. The van der Waals surface area contributed by atoms with Gasteiger partial charge in [0.15, 0.2) is 0 Å². The standard InChI is InChI=1S/C17H24ClNO2/c1-12-2-5-17(20,6-3-12)11-19-10-14-9-15(18)8-13-4-7-21-16(13)14/h8-9,12,19-20H,2-7,10-11H2,1H3. The third kappa shape index (κ3) is 3.53. The Balaban J connectivity index is 1.59. The van der Waals surface area contributed by atoms with Crippen LogP contribution in [-0.2, 0) is 13.0 Å². The lowest BCUT2D eigenvalue weighted by molar-refractivity contribution is -0.00633. The first kappa shape index (κ1) is 15.1. The van der Waals surface area contributed by atoms with E-state index in [4.69, 9.17) is 16.3 Å². The van der Waals surface area contributed by atoms with Gasteiger partial charge in [-0.1, -0.05) is 18.5 Å². The number of nitrogens with one attached hydrogen (secondary N) is 1. The van der Waals surface area contributed by atoms with Gasteiger partial charge in [0.25, 0.3) is 0 Å². The summed E-state index contributed by atoms with van der Waals surface area (Å²) in [5, 5.41) is 14.8. The molecule has 1 aromatic carbocycles. The molecule has 1 aliphatic heterocycles. The summed E-state index contributed by atoms with van der Waals surface area (Å²) in [6, 6.07) is 3.95. The van der Waals surface area contributed by atoms with Crippen molar-refractivity contribution in [2.24, 2.45) is 5.92 Å². The van der Waals surface area contributed by atoms with Crippen LogP contribution in [0.3, 0.4) is 0 Å². The molecule has 0 radical (unpaired) electrons. The fourth-order valence-corrected chi connectivity index (χ4v) is 3.65. The van der Waals surface area contributed by atoms with Crippen LogP contribution in [-0.4, -0.2) is 23.9 Å². The zero-order chi connectivity index (χ0) is 14.9. The molecule has 21 heavy (non-hydrogen) atoms. The molecule has 0 saturated heterocycles. The van der Waals surface area contributed by atoms with Crippen LogP contribution >= 0.6 is 11.6 Å². The Morgan fingerprint density at radius 2 is 2.14 bits per heavy atom. The van der Waals surface area contributed by atoms with Crippen LogP contribution in [0.4, 0.5) is 0 Å². The third-order valence-corrected chi connectivity index (χ3v) is 5.02. The Labute approximate surface area is 131 Å². The Kier molecular flexibility index (Phi) is 4.43. The van der Waals surface area contributed by atoms with Crippen molar-refractivity contribution in [3.05, 3.63) is 28.3 Å². The molecular formula is C17H24ClNO2. The Bertz CT molecular complexity index is 510. The number of halogens is 1. The van der Waals surface area contributed by atoms with Gasteiger partial charge in [-0.25, -0.2) is 0 Å². The lowest BCUT2D eigenvalue weighted by atomic mass is 9.79. The molecule has 0 atom stereocenters. The number of fused-ring (bicyclic) bond motifs is 1. The zero-order valence-electron chi connectivity index (χ0n) is 12.6. The molecule has 1 aliphatic carbocycles. The van der Waals surface area contributed by atoms with Crippen LogP contribution in [0.15, 0.2) is 12.1 Å². The van der Waals surface area contributed by atoms with Crippen molar-refractivity contribution in [3.8, 4) is 5.75 Å². The highest BCUT2D eigenvalue weighted by Crippen LogP contribution is 2.34. The molecule has 2 aliphatic rings. The van der Waals surface area contributed by atoms with Gasteiger partial charge in [0.05, 0.1) is 12.2 Å². The van der Waals surface area contributed by atoms with Crippen molar-refractivity contribution in [3.63, 3.8) is 0 Å². The summed E-state index contributed by atoms with van der Waals surface area (Å²) in [7, 11) is 0. The number of hydrogen-bond acceptors (Lipinski definition) is 3. The molecule has 1 heterocycles. The van der Waals surface area contributed by atoms with Gasteiger partial charge >= 0.3 is 0 Å². The van der Waals surface area contributed by atoms with E-state index in [-0.39, 0.29) is 0 Å². The van der Waals surface area contributed by atoms with Crippen molar-refractivity contribution < 1.29 is 9.84 Å². The molecule has 4 heteroatoms. The van der Waals surface area contributed by atoms with Gasteiger partial charge in [0.2, 0.25) is 0 Å². The molecular weight excluding hydrogens is 286 g/mol. The molecule has 0 unspecified atom stereocenters. The largest absolute Gasteiger partial charge is 0.493 e. The average Bonchev–Trinajstić information content (AvgIpc) is 2.90. The van der Waals surface area contributed by atoms with Crippen molar-refractivity contribution in [1.29, 1.82) is 0 Å². The summed E-state index contributed by atoms with van der Waals surface area (Å²) in [5.74, 6) is 1.73. The highest BCUT2D eigenvalue weighted by molar-refractivity contribution is 6.30. The van der Waals surface area contributed by atoms with Crippen LogP contribution in [0, 0.1) is 5.92 Å². The molecule has 0 bridgehead atoms. The third-order valence-electron chi connectivity index (χ3n) is 4.80. The van der Waals surface area contributed by atoms with Gasteiger partial charge < -0.3 is 15.2 Å². The van der Waals surface area contributed by atoms with E-state index in [1.807, 2.05) is 12.1 Å². The minimum absolute atomic E-state index is 0.547. The topological polar surface area (TPSA) is 41.5 Å². The molecule has 2 N–H and O–H groups in total. The second-order valence-corrected chi connectivity index (χ2v) is 7.10. The van der Waals surface area contributed by atoms with Crippen LogP contribution in [0.2, 0.25) is 5.02 Å². The Hall–Kier alpha value is -0.770. The number of rotatable bonds is 4. The molecule has 1 aromatic rings. The second-order valence-electron chi connectivity index (χ2n) is 6.66. The molecule has 3 rings (SSSR count). The van der Waals surface area contributed by atoms with Gasteiger partial charge in [-0.3, -0.25) is 0 Å². The summed E-state index contributed by atoms with van der Waals surface area (Å²) < 4.78 is 5.71. The summed E-state index contributed by atoms with van der Waals surface area (Å²) in [4.78, 5) is 0. The van der Waals surface area contributed by atoms with E-state index in [0.29, 0.717) is 13.1 Å². The van der Waals surface area contributed by atoms with Crippen LogP contribution in [0.25, 0.3) is 0 Å². The highest BCUT2D eigenvalue weighted by atomic mass is 35.5. The van der Waals surface area contributed by atoms with Gasteiger partial charge in [-0.2, -0.15) is 0 Å². The van der Waals surface area contributed by atoms with Gasteiger partial charge in [0.1, 0.15) is 5.75 Å². The fraction of sp³-hybridized carbons (Fsp3) is 0.647. The minimum atomic E-state index is -0.547. The SMILES string of the molecule is CC1CCC(O)(CNCc2cc(Cl)cc3c2OCC3)CC1. The molecule has 1 fully saturated rings. The Morgan fingerprint density at radius 1 is 1.38 bits per heavy atom. The van der Waals surface area contributed by atoms with E-state index in [2.05, 4.69) is 12.2 Å². The summed E-state index contributed by atoms with van der Waals surface area (Å²) in [6.45, 7) is 4.34. The normalized spacial score (nSPS) is 28.2. The minimum Gasteiger partial charge on any atom is -0.493 e. The Morgan fingerprint density at radius 3 is 2.90 bits per heavy atom. The predicted molar refractivity (Wildman–Crippen MR) is 84.9 cm³/mol. The highest BCUT2D eigenvalue weighted by Gasteiger charge is 2.31. The second kappa shape index (κ2) is 6.15. The van der Waals surface area contributed by atoms with E-state index >= 15 is 0 Å². The lowest BCUT2D eigenvalue weighted by Gasteiger charge is -2.35. The van der Waals surface area contributed by atoms with Crippen molar-refractivity contribution >= 4 is 11.6 Å². The molecule has 0 aromatic heterocycles. The average molecular weight is 310 g/mol. The first-order valence-corrected chi connectivity index (χ1v) is 8.31.